The number of anilines is 3. The zero-order chi connectivity index (χ0) is 37.3. The van der Waals surface area contributed by atoms with E-state index in [1.807, 2.05) is 0 Å². The highest BCUT2D eigenvalue weighted by Crippen LogP contribution is 2.46. The summed E-state index contributed by atoms with van der Waals surface area (Å²) in [4.78, 5) is 14.0. The maximum absolute atomic E-state index is 3.86. The second-order valence-electron chi connectivity index (χ2n) is 15.0. The predicted octanol–water partition coefficient (Wildman–Crippen LogP) is 14.5. The van der Waals surface area contributed by atoms with Crippen LogP contribution in [0.5, 0.6) is 0 Å². The summed E-state index contributed by atoms with van der Waals surface area (Å²) in [6, 6.07) is 60.1. The van der Waals surface area contributed by atoms with Crippen molar-refractivity contribution in [1.82, 2.24) is 15.0 Å². The molecule has 0 spiro atoms. The van der Waals surface area contributed by atoms with E-state index in [1.165, 1.54) is 65.7 Å². The molecule has 0 fully saturated rings. The third-order valence-corrected chi connectivity index (χ3v) is 11.8. The summed E-state index contributed by atoms with van der Waals surface area (Å²) in [7, 11) is 0. The van der Waals surface area contributed by atoms with Crippen molar-refractivity contribution in [3.05, 3.63) is 175 Å². The first-order valence-electron chi connectivity index (χ1n) is 19.7. The molecule has 0 bridgehead atoms. The van der Waals surface area contributed by atoms with Crippen LogP contribution >= 0.6 is 0 Å². The van der Waals surface area contributed by atoms with E-state index in [-0.39, 0.29) is 0 Å². The van der Waals surface area contributed by atoms with Crippen LogP contribution in [-0.2, 0) is 12.8 Å². The van der Waals surface area contributed by atoms with Crippen molar-refractivity contribution in [3.8, 4) is 22.3 Å². The summed E-state index contributed by atoms with van der Waals surface area (Å²) < 4.78 is 0. The first-order valence-corrected chi connectivity index (χ1v) is 19.7. The smallest absolute Gasteiger partial charge is 0.0710 e. The van der Waals surface area contributed by atoms with Gasteiger partial charge >= 0.3 is 0 Å². The third kappa shape index (κ3) is 5.06. The van der Waals surface area contributed by atoms with Crippen molar-refractivity contribution in [3.63, 3.8) is 0 Å². The van der Waals surface area contributed by atoms with Gasteiger partial charge < -0.3 is 19.9 Å². The van der Waals surface area contributed by atoms with E-state index in [0.717, 1.165) is 63.0 Å². The molecule has 0 unspecified atom stereocenters. The van der Waals surface area contributed by atoms with Gasteiger partial charge in [0.1, 0.15) is 0 Å². The zero-order valence-corrected chi connectivity index (χ0v) is 31.4. The molecule has 0 saturated carbocycles. The minimum Gasteiger partial charge on any atom is -0.354 e. The van der Waals surface area contributed by atoms with Gasteiger partial charge in [-0.1, -0.05) is 111 Å². The van der Waals surface area contributed by atoms with Crippen molar-refractivity contribution in [1.29, 1.82) is 0 Å². The number of aromatic nitrogens is 3. The molecule has 0 amide bonds. The number of benzene rings is 8. The molecule has 3 aromatic heterocycles. The van der Waals surface area contributed by atoms with Gasteiger partial charge in [-0.15, -0.1) is 0 Å². The Morgan fingerprint density at radius 3 is 1.36 bits per heavy atom. The summed E-state index contributed by atoms with van der Waals surface area (Å²) >= 11 is 0. The van der Waals surface area contributed by atoms with Crippen LogP contribution in [0.1, 0.15) is 25.0 Å². The fourth-order valence-corrected chi connectivity index (χ4v) is 8.92. The lowest BCUT2D eigenvalue weighted by Crippen LogP contribution is -2.12. The Hall–Kier alpha value is -7.04. The van der Waals surface area contributed by atoms with Crippen molar-refractivity contribution < 1.29 is 0 Å². The molecule has 3 N–H and O–H groups in total. The molecule has 4 heteroatoms. The van der Waals surface area contributed by atoms with Crippen LogP contribution in [0.15, 0.2) is 164 Å². The highest BCUT2D eigenvalue weighted by Gasteiger charge is 2.23. The number of para-hydroxylation sites is 3. The highest BCUT2D eigenvalue weighted by atomic mass is 15.2. The summed E-state index contributed by atoms with van der Waals surface area (Å²) in [5.41, 5.74) is 17.6. The van der Waals surface area contributed by atoms with Gasteiger partial charge in [-0.25, -0.2) is 0 Å². The Labute approximate surface area is 325 Å². The lowest BCUT2D eigenvalue weighted by molar-refractivity contribution is 1.13. The van der Waals surface area contributed by atoms with Crippen molar-refractivity contribution in [2.75, 3.05) is 4.90 Å². The van der Waals surface area contributed by atoms with Gasteiger partial charge in [-0.05, 0) is 107 Å². The van der Waals surface area contributed by atoms with Crippen LogP contribution in [-0.4, -0.2) is 15.0 Å². The quantitative estimate of drug-likeness (QED) is 0.151. The van der Waals surface area contributed by atoms with E-state index in [9.17, 15) is 0 Å². The molecule has 0 aliphatic heterocycles. The van der Waals surface area contributed by atoms with E-state index in [0.29, 0.717) is 0 Å². The Balaban J connectivity index is 1.17. The van der Waals surface area contributed by atoms with Crippen LogP contribution in [0.4, 0.5) is 17.1 Å². The number of nitrogens with one attached hydrogen (secondary N) is 3. The molecule has 11 aromatic rings. The molecular formula is C52H40N4. The topological polar surface area (TPSA) is 50.6 Å². The number of hydrogen-bond donors (Lipinski definition) is 3. The van der Waals surface area contributed by atoms with E-state index in [1.54, 1.807) is 0 Å². The second-order valence-corrected chi connectivity index (χ2v) is 15.0. The monoisotopic (exact) mass is 720 g/mol. The van der Waals surface area contributed by atoms with Gasteiger partial charge in [0.25, 0.3) is 0 Å². The van der Waals surface area contributed by atoms with Gasteiger partial charge in [0.15, 0.2) is 0 Å². The Bertz CT molecular complexity index is 3150. The maximum Gasteiger partial charge on any atom is 0.0710 e. The second kappa shape index (κ2) is 12.8. The average Bonchev–Trinajstić information content (AvgIpc) is 3.95. The molecule has 0 radical (unpaired) electrons. The molecule has 11 rings (SSSR count). The first kappa shape index (κ1) is 32.4. The van der Waals surface area contributed by atoms with Crippen molar-refractivity contribution >= 4 is 82.5 Å². The summed E-state index contributed by atoms with van der Waals surface area (Å²) in [5.74, 6) is 0. The number of fused-ring (bicyclic) bond motifs is 9. The molecule has 3 heterocycles. The first-order chi connectivity index (χ1) is 27.6. The maximum atomic E-state index is 3.86. The molecule has 0 aliphatic rings. The fraction of sp³-hybridized carbons (Fsp3) is 0.0769. The summed E-state index contributed by atoms with van der Waals surface area (Å²) in [6.45, 7) is 4.50. The molecule has 8 aromatic carbocycles. The van der Waals surface area contributed by atoms with Gasteiger partial charge in [-0.3, -0.25) is 0 Å². The number of aromatic amines is 3. The van der Waals surface area contributed by atoms with Crippen LogP contribution in [0, 0.1) is 0 Å². The number of aryl methyl sites for hydroxylation is 2. The Morgan fingerprint density at radius 2 is 0.839 bits per heavy atom. The largest absolute Gasteiger partial charge is 0.354 e. The molecule has 0 saturated heterocycles. The molecule has 268 valence electrons. The predicted molar refractivity (Wildman–Crippen MR) is 239 cm³/mol. The Kier molecular flexibility index (Phi) is 7.39. The van der Waals surface area contributed by atoms with Crippen LogP contribution in [0.25, 0.3) is 87.7 Å². The summed E-state index contributed by atoms with van der Waals surface area (Å²) in [5, 5.41) is 7.45. The molecular weight excluding hydrogens is 681 g/mol. The fourth-order valence-electron chi connectivity index (χ4n) is 8.92. The van der Waals surface area contributed by atoms with E-state index < -0.39 is 0 Å². The van der Waals surface area contributed by atoms with Gasteiger partial charge in [0.05, 0.1) is 27.9 Å². The lowest BCUT2D eigenvalue weighted by atomic mass is 9.95. The molecule has 4 nitrogen and oxygen atoms in total. The molecule has 0 atom stereocenters. The van der Waals surface area contributed by atoms with Gasteiger partial charge in [0, 0.05) is 60.1 Å². The Morgan fingerprint density at radius 1 is 0.375 bits per heavy atom. The van der Waals surface area contributed by atoms with Crippen LogP contribution in [0.3, 0.4) is 0 Å². The van der Waals surface area contributed by atoms with Crippen LogP contribution in [0.2, 0.25) is 0 Å². The number of rotatable bonds is 7. The van der Waals surface area contributed by atoms with Gasteiger partial charge in [-0.2, -0.15) is 0 Å². The highest BCUT2D eigenvalue weighted by molar-refractivity contribution is 6.17. The average molecular weight is 721 g/mol. The van der Waals surface area contributed by atoms with Crippen LogP contribution < -0.4 is 4.90 Å². The molecule has 56 heavy (non-hydrogen) atoms. The lowest BCUT2D eigenvalue weighted by Gasteiger charge is -2.28. The number of H-pyrrole nitrogens is 3. The number of nitrogens with zero attached hydrogens (tertiary/aromatic N) is 1. The zero-order valence-electron chi connectivity index (χ0n) is 31.4. The van der Waals surface area contributed by atoms with E-state index in [2.05, 4.69) is 197 Å². The normalized spacial score (nSPS) is 11.9. The van der Waals surface area contributed by atoms with E-state index in [4.69, 9.17) is 0 Å². The van der Waals surface area contributed by atoms with Gasteiger partial charge in [0.2, 0.25) is 0 Å². The SMILES string of the molecule is CCc1cc(N(c2ccc(-c3cc(-c4ccccc4)cc4c3[nH]c3ccccc34)cc2)c2cc(CC)cc3c2[nH]c2ccccc23)c2[nH]c3ccccc3c2c1. The number of hydrogen-bond acceptors (Lipinski definition) is 1. The van der Waals surface area contributed by atoms with E-state index >= 15 is 0 Å². The van der Waals surface area contributed by atoms with Crippen molar-refractivity contribution in [2.45, 2.75) is 26.7 Å². The standard InChI is InChI=1S/C52H40N4/c1-3-32-26-42-38-16-8-12-20-46(38)54-51(42)48(28-32)56(49-29-33(4-2)27-43-39-17-9-13-21-47(39)55-52(43)49)37-24-22-35(23-25-37)41-30-36(34-14-6-5-7-15-34)31-44-40-18-10-11-19-45(40)53-50(41)44/h5-31,53-55H,3-4H2,1-2H3. The third-order valence-electron chi connectivity index (χ3n) is 11.8. The van der Waals surface area contributed by atoms with Crippen molar-refractivity contribution in [2.24, 2.45) is 0 Å². The summed E-state index contributed by atoms with van der Waals surface area (Å²) in [6.07, 6.45) is 1.87. The minimum absolute atomic E-state index is 0.935. The molecule has 0 aliphatic carbocycles. The minimum atomic E-state index is 0.935.